The standard InChI is InChI=1S/C23H30ClN3O5S/c1-5-13-25-23(29)17(2)26(15-18-9-7-6-8-10-18)22(28)16-27(33(4,30)31)19-11-12-21(32-3)20(24)14-19/h6-12,14,17H,5,13,15-16H2,1-4H3,(H,25,29). The minimum absolute atomic E-state index is 0.154. The lowest BCUT2D eigenvalue weighted by atomic mass is 10.1. The summed E-state index contributed by atoms with van der Waals surface area (Å²) in [6, 6.07) is 12.9. The van der Waals surface area contributed by atoms with Crippen LogP contribution in [0.2, 0.25) is 5.02 Å². The normalized spacial score (nSPS) is 12.0. The Balaban J connectivity index is 2.37. The Bertz CT molecular complexity index is 1060. The maximum Gasteiger partial charge on any atom is 0.244 e. The number of rotatable bonds is 11. The lowest BCUT2D eigenvalue weighted by Crippen LogP contribution is -2.51. The number of hydrogen-bond donors (Lipinski definition) is 1. The smallest absolute Gasteiger partial charge is 0.244 e. The highest BCUT2D eigenvalue weighted by Gasteiger charge is 2.30. The molecule has 0 aliphatic carbocycles. The first kappa shape index (κ1) is 26.5. The van der Waals surface area contributed by atoms with Crippen LogP contribution in [0.25, 0.3) is 0 Å². The molecule has 0 aliphatic heterocycles. The molecule has 0 bridgehead atoms. The van der Waals surface area contributed by atoms with Gasteiger partial charge in [0.05, 0.1) is 24.1 Å². The van der Waals surface area contributed by atoms with Crippen LogP contribution in [-0.4, -0.2) is 57.6 Å². The SMILES string of the molecule is CCCNC(=O)C(C)N(Cc1ccccc1)C(=O)CN(c1ccc(OC)c(Cl)c1)S(C)(=O)=O. The second-order valence-corrected chi connectivity index (χ2v) is 9.88. The monoisotopic (exact) mass is 495 g/mol. The molecule has 0 aromatic heterocycles. The molecular formula is C23H30ClN3O5S. The number of hydrogen-bond acceptors (Lipinski definition) is 5. The van der Waals surface area contributed by atoms with Crippen LogP contribution in [0, 0.1) is 0 Å². The largest absolute Gasteiger partial charge is 0.495 e. The van der Waals surface area contributed by atoms with Gasteiger partial charge in [0.1, 0.15) is 18.3 Å². The van der Waals surface area contributed by atoms with E-state index in [4.69, 9.17) is 16.3 Å². The van der Waals surface area contributed by atoms with Gasteiger partial charge in [0.15, 0.2) is 0 Å². The fourth-order valence-electron chi connectivity index (χ4n) is 3.18. The molecule has 1 atom stereocenters. The van der Waals surface area contributed by atoms with Crippen LogP contribution in [-0.2, 0) is 26.2 Å². The van der Waals surface area contributed by atoms with Gasteiger partial charge in [0, 0.05) is 13.1 Å². The topological polar surface area (TPSA) is 96.0 Å². The summed E-state index contributed by atoms with van der Waals surface area (Å²) in [7, 11) is -2.38. The summed E-state index contributed by atoms with van der Waals surface area (Å²) in [5.41, 5.74) is 1.04. The number of amides is 2. The van der Waals surface area contributed by atoms with Gasteiger partial charge in [-0.15, -0.1) is 0 Å². The van der Waals surface area contributed by atoms with E-state index in [9.17, 15) is 18.0 Å². The molecule has 0 aliphatic rings. The number of nitrogens with zero attached hydrogens (tertiary/aromatic N) is 2. The molecule has 2 rings (SSSR count). The second kappa shape index (κ2) is 11.9. The van der Waals surface area contributed by atoms with Gasteiger partial charge < -0.3 is 15.0 Å². The molecule has 0 saturated carbocycles. The summed E-state index contributed by atoms with van der Waals surface area (Å²) >= 11 is 6.18. The number of anilines is 1. The molecule has 1 unspecified atom stereocenters. The van der Waals surface area contributed by atoms with Gasteiger partial charge in [-0.1, -0.05) is 48.9 Å². The molecule has 2 aromatic carbocycles. The van der Waals surface area contributed by atoms with Crippen LogP contribution in [0.5, 0.6) is 5.75 Å². The van der Waals surface area contributed by atoms with Crippen molar-refractivity contribution < 1.29 is 22.7 Å². The quantitative estimate of drug-likeness (QED) is 0.517. The first-order valence-corrected chi connectivity index (χ1v) is 12.7. The molecule has 1 N–H and O–H groups in total. The van der Waals surface area contributed by atoms with Crippen LogP contribution in [0.15, 0.2) is 48.5 Å². The fourth-order valence-corrected chi connectivity index (χ4v) is 4.28. The van der Waals surface area contributed by atoms with E-state index in [1.165, 1.54) is 30.2 Å². The number of sulfonamides is 1. The third kappa shape index (κ3) is 7.36. The molecule has 0 heterocycles. The van der Waals surface area contributed by atoms with E-state index in [1.54, 1.807) is 6.92 Å². The molecule has 33 heavy (non-hydrogen) atoms. The van der Waals surface area contributed by atoms with Crippen molar-refractivity contribution in [3.63, 3.8) is 0 Å². The van der Waals surface area contributed by atoms with E-state index < -0.39 is 28.5 Å². The van der Waals surface area contributed by atoms with Crippen LogP contribution in [0.1, 0.15) is 25.8 Å². The molecule has 0 spiro atoms. The van der Waals surface area contributed by atoms with Crippen molar-refractivity contribution >= 4 is 39.1 Å². The maximum atomic E-state index is 13.4. The van der Waals surface area contributed by atoms with Crippen molar-refractivity contribution in [3.05, 3.63) is 59.1 Å². The van der Waals surface area contributed by atoms with Gasteiger partial charge in [-0.25, -0.2) is 8.42 Å². The zero-order chi connectivity index (χ0) is 24.6. The molecule has 2 aromatic rings. The molecular weight excluding hydrogens is 466 g/mol. The van der Waals surface area contributed by atoms with Gasteiger partial charge in [0.2, 0.25) is 21.8 Å². The number of ether oxygens (including phenoxy) is 1. The van der Waals surface area contributed by atoms with E-state index in [0.29, 0.717) is 12.3 Å². The van der Waals surface area contributed by atoms with Crippen molar-refractivity contribution in [2.45, 2.75) is 32.9 Å². The zero-order valence-corrected chi connectivity index (χ0v) is 20.8. The molecule has 8 nitrogen and oxygen atoms in total. The summed E-state index contributed by atoms with van der Waals surface area (Å²) in [5.74, 6) is -0.443. The molecule has 2 amide bonds. The van der Waals surface area contributed by atoms with Gasteiger partial charge in [0.25, 0.3) is 0 Å². The predicted octanol–water partition coefficient (Wildman–Crippen LogP) is 3.06. The van der Waals surface area contributed by atoms with Crippen LogP contribution in [0.4, 0.5) is 5.69 Å². The van der Waals surface area contributed by atoms with E-state index in [1.807, 2.05) is 37.3 Å². The Morgan fingerprint density at radius 2 is 1.82 bits per heavy atom. The minimum Gasteiger partial charge on any atom is -0.495 e. The Morgan fingerprint density at radius 1 is 1.15 bits per heavy atom. The van der Waals surface area contributed by atoms with E-state index in [-0.39, 0.29) is 23.2 Å². The Morgan fingerprint density at radius 3 is 2.36 bits per heavy atom. The summed E-state index contributed by atoms with van der Waals surface area (Å²) < 4.78 is 31.2. The number of benzene rings is 2. The first-order chi connectivity index (χ1) is 15.6. The number of nitrogens with one attached hydrogen (secondary N) is 1. The number of halogens is 1. The van der Waals surface area contributed by atoms with Crippen molar-refractivity contribution in [1.29, 1.82) is 0 Å². The molecule has 0 saturated heterocycles. The average molecular weight is 496 g/mol. The Hall–Kier alpha value is -2.78. The van der Waals surface area contributed by atoms with Crippen LogP contribution >= 0.6 is 11.6 Å². The number of carbonyl (C=O) groups excluding carboxylic acids is 2. The Kier molecular flexibility index (Phi) is 9.55. The molecule has 0 fully saturated rings. The van der Waals surface area contributed by atoms with Gasteiger partial charge >= 0.3 is 0 Å². The summed E-state index contributed by atoms with van der Waals surface area (Å²) in [5, 5.41) is 3.01. The van der Waals surface area contributed by atoms with Crippen molar-refractivity contribution in [1.82, 2.24) is 10.2 Å². The van der Waals surface area contributed by atoms with Crippen molar-refractivity contribution in [2.75, 3.05) is 30.8 Å². The maximum absolute atomic E-state index is 13.4. The molecule has 0 radical (unpaired) electrons. The minimum atomic E-state index is -3.83. The summed E-state index contributed by atoms with van der Waals surface area (Å²) in [6.45, 7) is 3.71. The Labute approximate surface area is 200 Å². The fraction of sp³-hybridized carbons (Fsp3) is 0.391. The van der Waals surface area contributed by atoms with Crippen LogP contribution in [0.3, 0.4) is 0 Å². The lowest BCUT2D eigenvalue weighted by molar-refractivity contribution is -0.139. The second-order valence-electron chi connectivity index (χ2n) is 7.56. The zero-order valence-electron chi connectivity index (χ0n) is 19.2. The summed E-state index contributed by atoms with van der Waals surface area (Å²) in [4.78, 5) is 27.4. The van der Waals surface area contributed by atoms with Crippen molar-refractivity contribution in [2.24, 2.45) is 0 Å². The van der Waals surface area contributed by atoms with E-state index >= 15 is 0 Å². The number of methoxy groups -OCH3 is 1. The molecule has 10 heteroatoms. The third-order valence-electron chi connectivity index (χ3n) is 5.01. The van der Waals surface area contributed by atoms with Gasteiger partial charge in [-0.05, 0) is 37.1 Å². The van der Waals surface area contributed by atoms with Crippen LogP contribution < -0.4 is 14.4 Å². The number of carbonyl (C=O) groups is 2. The molecule has 180 valence electrons. The first-order valence-electron chi connectivity index (χ1n) is 10.5. The van der Waals surface area contributed by atoms with Gasteiger partial charge in [-0.2, -0.15) is 0 Å². The summed E-state index contributed by atoms with van der Waals surface area (Å²) in [6.07, 6.45) is 1.77. The van der Waals surface area contributed by atoms with E-state index in [0.717, 1.165) is 22.5 Å². The van der Waals surface area contributed by atoms with E-state index in [2.05, 4.69) is 5.32 Å². The van der Waals surface area contributed by atoms with Gasteiger partial charge in [-0.3, -0.25) is 13.9 Å². The third-order valence-corrected chi connectivity index (χ3v) is 6.45. The predicted molar refractivity (Wildman–Crippen MR) is 130 cm³/mol. The highest BCUT2D eigenvalue weighted by molar-refractivity contribution is 7.92. The highest BCUT2D eigenvalue weighted by atomic mass is 35.5. The van der Waals surface area contributed by atoms with Crippen molar-refractivity contribution in [3.8, 4) is 5.75 Å². The average Bonchev–Trinajstić information content (AvgIpc) is 2.78. The highest BCUT2D eigenvalue weighted by Crippen LogP contribution is 2.30. The lowest BCUT2D eigenvalue weighted by Gasteiger charge is -2.31.